The van der Waals surface area contributed by atoms with E-state index in [1.54, 1.807) is 24.2 Å². The normalized spacial score (nSPS) is 14.1. The molecule has 1 aromatic carbocycles. The van der Waals surface area contributed by atoms with Crippen molar-refractivity contribution < 1.29 is 9.21 Å². The summed E-state index contributed by atoms with van der Waals surface area (Å²) in [6.07, 6.45) is 10.00. The van der Waals surface area contributed by atoms with Crippen LogP contribution in [0.4, 0.5) is 0 Å². The molecule has 0 saturated heterocycles. The van der Waals surface area contributed by atoms with E-state index < -0.39 is 0 Å². The number of benzene rings is 1. The fourth-order valence-electron chi connectivity index (χ4n) is 3.39. The summed E-state index contributed by atoms with van der Waals surface area (Å²) in [5.74, 6) is 1.33. The number of nitrogens with zero attached hydrogens (tertiary/aromatic N) is 2. The van der Waals surface area contributed by atoms with E-state index in [9.17, 15) is 4.79 Å². The highest BCUT2D eigenvalue weighted by Crippen LogP contribution is 2.29. The SMILES string of the molecule is O=C(CSc1ccnc2ccccc12)N(Cc1ccco1)C1=CCCCC1. The molecule has 0 atom stereocenters. The molecule has 4 nitrogen and oxygen atoms in total. The molecule has 0 fully saturated rings. The van der Waals surface area contributed by atoms with Crippen LogP contribution in [0.5, 0.6) is 0 Å². The van der Waals surface area contributed by atoms with Crippen molar-refractivity contribution in [3.05, 3.63) is 72.5 Å². The second-order valence-corrected chi connectivity index (χ2v) is 7.63. The maximum absolute atomic E-state index is 13.1. The summed E-state index contributed by atoms with van der Waals surface area (Å²) in [6, 6.07) is 13.8. The number of furan rings is 1. The molecular weight excluding hydrogens is 356 g/mol. The van der Waals surface area contributed by atoms with E-state index in [1.165, 1.54) is 6.42 Å². The first-order chi connectivity index (χ1) is 13.3. The van der Waals surface area contributed by atoms with Gasteiger partial charge in [0.05, 0.1) is 24.1 Å². The van der Waals surface area contributed by atoms with E-state index in [0.29, 0.717) is 12.3 Å². The number of pyridine rings is 1. The Hall–Kier alpha value is -2.53. The van der Waals surface area contributed by atoms with Gasteiger partial charge >= 0.3 is 0 Å². The van der Waals surface area contributed by atoms with Gasteiger partial charge in [-0.25, -0.2) is 0 Å². The third kappa shape index (κ3) is 4.25. The quantitative estimate of drug-likeness (QED) is 0.538. The van der Waals surface area contributed by atoms with Gasteiger partial charge in [0.15, 0.2) is 0 Å². The maximum Gasteiger partial charge on any atom is 0.237 e. The first kappa shape index (κ1) is 17.9. The minimum absolute atomic E-state index is 0.116. The van der Waals surface area contributed by atoms with Crippen LogP contribution in [-0.4, -0.2) is 21.5 Å². The summed E-state index contributed by atoms with van der Waals surface area (Å²) in [7, 11) is 0. The number of hydrogen-bond acceptors (Lipinski definition) is 4. The molecule has 0 radical (unpaired) electrons. The molecule has 0 aliphatic heterocycles. The number of thioether (sulfide) groups is 1. The third-order valence-corrected chi connectivity index (χ3v) is 5.83. The van der Waals surface area contributed by atoms with Gasteiger partial charge in [0.1, 0.15) is 5.76 Å². The van der Waals surface area contributed by atoms with E-state index >= 15 is 0 Å². The monoisotopic (exact) mass is 378 g/mol. The minimum atomic E-state index is 0.116. The largest absolute Gasteiger partial charge is 0.467 e. The van der Waals surface area contributed by atoms with E-state index in [0.717, 1.165) is 46.5 Å². The van der Waals surface area contributed by atoms with Crippen molar-refractivity contribution in [3.63, 3.8) is 0 Å². The Bertz CT molecular complexity index is 945. The van der Waals surface area contributed by atoms with E-state index in [4.69, 9.17) is 4.42 Å². The summed E-state index contributed by atoms with van der Waals surface area (Å²) >= 11 is 1.57. The number of fused-ring (bicyclic) bond motifs is 1. The molecule has 4 rings (SSSR count). The Morgan fingerprint density at radius 3 is 2.89 bits per heavy atom. The highest BCUT2D eigenvalue weighted by atomic mass is 32.2. The van der Waals surface area contributed by atoms with Gasteiger partial charge in [-0.15, -0.1) is 11.8 Å². The number of rotatable bonds is 6. The van der Waals surface area contributed by atoms with Gasteiger partial charge in [-0.05, 0) is 49.9 Å². The molecule has 0 bridgehead atoms. The zero-order valence-corrected chi connectivity index (χ0v) is 16.0. The predicted octanol–water partition coefficient (Wildman–Crippen LogP) is 5.41. The number of allylic oxidation sites excluding steroid dienone is 2. The first-order valence-electron chi connectivity index (χ1n) is 9.29. The van der Waals surface area contributed by atoms with Crippen LogP contribution in [0.15, 0.2) is 76.0 Å². The molecule has 2 aromatic heterocycles. The lowest BCUT2D eigenvalue weighted by Gasteiger charge is -2.27. The Balaban J connectivity index is 1.51. The van der Waals surface area contributed by atoms with Crippen LogP contribution in [0.3, 0.4) is 0 Å². The van der Waals surface area contributed by atoms with Crippen molar-refractivity contribution in [3.8, 4) is 0 Å². The zero-order valence-electron chi connectivity index (χ0n) is 15.1. The molecule has 1 amide bonds. The molecule has 0 N–H and O–H groups in total. The predicted molar refractivity (Wildman–Crippen MR) is 108 cm³/mol. The van der Waals surface area contributed by atoms with Crippen molar-refractivity contribution >= 4 is 28.6 Å². The molecule has 1 aliphatic carbocycles. The van der Waals surface area contributed by atoms with Crippen molar-refractivity contribution in [2.75, 3.05) is 5.75 Å². The van der Waals surface area contributed by atoms with Gasteiger partial charge in [0.25, 0.3) is 0 Å². The van der Waals surface area contributed by atoms with Crippen LogP contribution in [0.25, 0.3) is 10.9 Å². The summed E-state index contributed by atoms with van der Waals surface area (Å²) in [5.41, 5.74) is 2.08. The van der Waals surface area contributed by atoms with E-state index in [1.807, 2.05) is 41.3 Å². The average Bonchev–Trinajstić information content (AvgIpc) is 3.24. The third-order valence-electron chi connectivity index (χ3n) is 4.77. The second-order valence-electron chi connectivity index (χ2n) is 6.62. The summed E-state index contributed by atoms with van der Waals surface area (Å²) < 4.78 is 5.49. The summed E-state index contributed by atoms with van der Waals surface area (Å²) in [4.78, 5) is 20.5. The molecule has 3 aromatic rings. The fourth-order valence-corrected chi connectivity index (χ4v) is 4.31. The lowest BCUT2D eigenvalue weighted by molar-refractivity contribution is -0.127. The molecular formula is C22H22N2O2S. The Kier molecular flexibility index (Phi) is 5.58. The molecule has 0 spiro atoms. The molecule has 0 saturated carbocycles. The van der Waals surface area contributed by atoms with E-state index in [2.05, 4.69) is 17.1 Å². The van der Waals surface area contributed by atoms with Crippen LogP contribution in [0.1, 0.15) is 31.4 Å². The van der Waals surface area contributed by atoms with Gasteiger partial charge in [0.2, 0.25) is 5.91 Å². The Morgan fingerprint density at radius 1 is 1.15 bits per heavy atom. The number of para-hydroxylation sites is 1. The lowest BCUT2D eigenvalue weighted by atomic mass is 10.0. The number of amides is 1. The van der Waals surface area contributed by atoms with E-state index in [-0.39, 0.29) is 5.91 Å². The number of aromatic nitrogens is 1. The number of carbonyl (C=O) groups excluding carboxylic acids is 1. The first-order valence-corrected chi connectivity index (χ1v) is 10.3. The number of hydrogen-bond donors (Lipinski definition) is 0. The molecule has 0 unspecified atom stereocenters. The van der Waals surface area contributed by atoms with Crippen molar-refractivity contribution in [2.24, 2.45) is 0 Å². The van der Waals surface area contributed by atoms with Gasteiger partial charge < -0.3 is 9.32 Å². The fraction of sp³-hybridized carbons (Fsp3) is 0.273. The van der Waals surface area contributed by atoms with Gasteiger partial charge in [-0.2, -0.15) is 0 Å². The maximum atomic E-state index is 13.1. The molecule has 5 heteroatoms. The van der Waals surface area contributed by atoms with Crippen molar-refractivity contribution in [2.45, 2.75) is 37.1 Å². The highest BCUT2D eigenvalue weighted by molar-refractivity contribution is 8.00. The van der Waals surface area contributed by atoms with Crippen LogP contribution < -0.4 is 0 Å². The summed E-state index contributed by atoms with van der Waals surface area (Å²) in [5, 5.41) is 1.09. The molecule has 2 heterocycles. The van der Waals surface area contributed by atoms with Crippen LogP contribution in [-0.2, 0) is 11.3 Å². The molecule has 138 valence electrons. The second kappa shape index (κ2) is 8.44. The molecule has 1 aliphatic rings. The van der Waals surface area contributed by atoms with Crippen molar-refractivity contribution in [1.82, 2.24) is 9.88 Å². The molecule has 27 heavy (non-hydrogen) atoms. The van der Waals surface area contributed by atoms with Crippen molar-refractivity contribution in [1.29, 1.82) is 0 Å². The van der Waals surface area contributed by atoms with Gasteiger partial charge in [0, 0.05) is 22.2 Å². The average molecular weight is 378 g/mol. The van der Waals surface area contributed by atoms with Gasteiger partial charge in [-0.1, -0.05) is 24.3 Å². The lowest BCUT2D eigenvalue weighted by Crippen LogP contribution is -2.32. The van der Waals surface area contributed by atoms with Crippen LogP contribution in [0.2, 0.25) is 0 Å². The van der Waals surface area contributed by atoms with Crippen LogP contribution >= 0.6 is 11.8 Å². The Labute approximate surface area is 163 Å². The topological polar surface area (TPSA) is 46.3 Å². The number of carbonyl (C=O) groups is 1. The highest BCUT2D eigenvalue weighted by Gasteiger charge is 2.21. The van der Waals surface area contributed by atoms with Gasteiger partial charge in [-0.3, -0.25) is 9.78 Å². The minimum Gasteiger partial charge on any atom is -0.467 e. The Morgan fingerprint density at radius 2 is 2.07 bits per heavy atom. The van der Waals surface area contributed by atoms with Crippen LogP contribution in [0, 0.1) is 0 Å². The smallest absolute Gasteiger partial charge is 0.237 e. The zero-order chi connectivity index (χ0) is 18.5. The standard InChI is InChI=1S/C22H22N2O2S/c25-22(16-27-21-12-13-23-20-11-5-4-10-19(20)21)24(15-18-9-6-14-26-18)17-7-2-1-3-8-17/h4-7,9-14H,1-3,8,15-16H2. The summed E-state index contributed by atoms with van der Waals surface area (Å²) in [6.45, 7) is 0.495.